The van der Waals surface area contributed by atoms with E-state index in [1.54, 1.807) is 0 Å². The molecule has 0 fully saturated rings. The zero-order valence-corrected chi connectivity index (χ0v) is 36.6. The molecule has 0 aromatic carbocycles. The maximum atomic E-state index is 12.7. The van der Waals surface area contributed by atoms with Gasteiger partial charge in [-0.3, -0.25) is 14.4 Å². The number of unbranched alkanes of at least 4 members (excludes halogenated alkanes) is 21. The molecule has 0 aliphatic heterocycles. The summed E-state index contributed by atoms with van der Waals surface area (Å²) in [7, 11) is 0. The molecule has 1 atom stereocenters. The van der Waals surface area contributed by atoms with E-state index in [4.69, 9.17) is 14.2 Å². The molecule has 322 valence electrons. The second-order valence-electron chi connectivity index (χ2n) is 15.3. The number of ether oxygens (including phenoxy) is 3. The van der Waals surface area contributed by atoms with E-state index < -0.39 is 6.10 Å². The largest absolute Gasteiger partial charge is 0.462 e. The lowest BCUT2D eigenvalue weighted by atomic mass is 10.1. The summed E-state index contributed by atoms with van der Waals surface area (Å²) < 4.78 is 16.6. The fourth-order valence-corrected chi connectivity index (χ4v) is 6.21. The predicted molar refractivity (Wildman–Crippen MR) is 238 cm³/mol. The van der Waals surface area contributed by atoms with E-state index in [1.807, 2.05) is 0 Å². The van der Waals surface area contributed by atoms with Crippen molar-refractivity contribution in [1.29, 1.82) is 0 Å². The van der Waals surface area contributed by atoms with Crippen molar-refractivity contribution >= 4 is 17.9 Å². The van der Waals surface area contributed by atoms with Crippen molar-refractivity contribution in [3.8, 4) is 0 Å². The molecule has 0 spiro atoms. The molecule has 0 bridgehead atoms. The molecule has 0 saturated heterocycles. The first-order valence-corrected chi connectivity index (χ1v) is 23.3. The van der Waals surface area contributed by atoms with Crippen LogP contribution in [-0.4, -0.2) is 37.2 Å². The predicted octanol–water partition coefficient (Wildman–Crippen LogP) is 14.9. The first-order valence-electron chi connectivity index (χ1n) is 23.3. The van der Waals surface area contributed by atoms with Crippen LogP contribution in [0.1, 0.15) is 220 Å². The summed E-state index contributed by atoms with van der Waals surface area (Å²) in [6.07, 6.45) is 53.6. The smallest absolute Gasteiger partial charge is 0.306 e. The number of esters is 3. The van der Waals surface area contributed by atoms with Crippen LogP contribution in [0, 0.1) is 0 Å². The molecule has 0 heterocycles. The van der Waals surface area contributed by atoms with Crippen molar-refractivity contribution in [2.24, 2.45) is 0 Å². The molecular formula is C50H86O6. The number of hydrogen-bond donors (Lipinski definition) is 0. The highest BCUT2D eigenvalue weighted by Gasteiger charge is 2.19. The molecule has 1 unspecified atom stereocenters. The lowest BCUT2D eigenvalue weighted by Crippen LogP contribution is -2.30. The standard InChI is InChI=1S/C50H86O6/c1-4-7-10-13-16-19-21-22-23-24-25-26-27-29-31-34-37-40-43-49(52)55-46-47(45-54-48(51)42-39-36-33-30-18-15-12-9-6-3)56-50(53)44-41-38-35-32-28-20-17-14-11-8-5-2/h9,12,14,17-18,23-26,30,47H,4-8,10-11,13,15-16,19-22,27-29,31-46H2,1-3H3/b12-9-,17-14-,24-23-,26-25-,30-18-. The number of allylic oxidation sites excluding steroid dienone is 10. The summed E-state index contributed by atoms with van der Waals surface area (Å²) in [6, 6.07) is 0. The first-order chi connectivity index (χ1) is 27.5. The molecule has 0 rings (SSSR count). The quantitative estimate of drug-likeness (QED) is 0.0202. The molecule has 6 heteroatoms. The van der Waals surface area contributed by atoms with Gasteiger partial charge in [-0.25, -0.2) is 0 Å². The molecule has 0 aromatic heterocycles. The number of hydrogen-bond acceptors (Lipinski definition) is 6. The maximum Gasteiger partial charge on any atom is 0.306 e. The molecular weight excluding hydrogens is 697 g/mol. The van der Waals surface area contributed by atoms with Gasteiger partial charge >= 0.3 is 17.9 Å². The highest BCUT2D eigenvalue weighted by atomic mass is 16.6. The lowest BCUT2D eigenvalue weighted by molar-refractivity contribution is -0.167. The Labute approximate surface area is 345 Å². The van der Waals surface area contributed by atoms with Crippen LogP contribution in [-0.2, 0) is 28.6 Å². The van der Waals surface area contributed by atoms with Gasteiger partial charge in [0.1, 0.15) is 13.2 Å². The van der Waals surface area contributed by atoms with Gasteiger partial charge in [-0.2, -0.15) is 0 Å². The lowest BCUT2D eigenvalue weighted by Gasteiger charge is -2.18. The summed E-state index contributed by atoms with van der Waals surface area (Å²) in [5.74, 6) is -0.962. The van der Waals surface area contributed by atoms with Crippen LogP contribution < -0.4 is 0 Å². The van der Waals surface area contributed by atoms with Crippen molar-refractivity contribution in [1.82, 2.24) is 0 Å². The van der Waals surface area contributed by atoms with Gasteiger partial charge in [-0.15, -0.1) is 0 Å². The SMILES string of the molecule is CC/C=C\C/C=C\CCCCC(=O)OCC(COC(=O)CCCCCCC/C=C\C=C/CCCCCCCCC)OC(=O)CCCCCCC/C=C\CCCC. The second-order valence-corrected chi connectivity index (χ2v) is 15.3. The second kappa shape index (κ2) is 44.8. The van der Waals surface area contributed by atoms with Crippen LogP contribution >= 0.6 is 0 Å². The fraction of sp³-hybridized carbons (Fsp3) is 0.740. The molecule has 0 radical (unpaired) electrons. The van der Waals surface area contributed by atoms with E-state index in [0.717, 1.165) is 103 Å². The average molecular weight is 783 g/mol. The van der Waals surface area contributed by atoms with Crippen molar-refractivity contribution in [3.63, 3.8) is 0 Å². The Hall–Kier alpha value is -2.89. The van der Waals surface area contributed by atoms with Crippen LogP contribution in [0.15, 0.2) is 60.8 Å². The van der Waals surface area contributed by atoms with Gasteiger partial charge in [0.25, 0.3) is 0 Å². The van der Waals surface area contributed by atoms with Gasteiger partial charge in [0.15, 0.2) is 6.10 Å². The van der Waals surface area contributed by atoms with E-state index in [-0.39, 0.29) is 31.1 Å². The minimum absolute atomic E-state index is 0.0965. The third kappa shape index (κ3) is 42.3. The van der Waals surface area contributed by atoms with E-state index in [0.29, 0.717) is 19.3 Å². The van der Waals surface area contributed by atoms with Crippen molar-refractivity contribution < 1.29 is 28.6 Å². The monoisotopic (exact) mass is 783 g/mol. The topological polar surface area (TPSA) is 78.9 Å². The van der Waals surface area contributed by atoms with Gasteiger partial charge < -0.3 is 14.2 Å². The molecule has 56 heavy (non-hydrogen) atoms. The highest BCUT2D eigenvalue weighted by Crippen LogP contribution is 2.13. The molecule has 0 aliphatic rings. The Bertz CT molecular complexity index is 1040. The van der Waals surface area contributed by atoms with Gasteiger partial charge in [0.05, 0.1) is 0 Å². The van der Waals surface area contributed by atoms with Crippen LogP contribution in [0.4, 0.5) is 0 Å². The molecule has 6 nitrogen and oxygen atoms in total. The summed E-state index contributed by atoms with van der Waals surface area (Å²) in [5, 5.41) is 0. The van der Waals surface area contributed by atoms with E-state index in [1.165, 1.54) is 77.0 Å². The Kier molecular flexibility index (Phi) is 42.5. The minimum Gasteiger partial charge on any atom is -0.462 e. The molecule has 0 N–H and O–H groups in total. The van der Waals surface area contributed by atoms with Gasteiger partial charge in [0.2, 0.25) is 0 Å². The Morgan fingerprint density at radius 3 is 1.29 bits per heavy atom. The zero-order valence-electron chi connectivity index (χ0n) is 36.6. The summed E-state index contributed by atoms with van der Waals surface area (Å²) in [5.41, 5.74) is 0. The minimum atomic E-state index is -0.794. The highest BCUT2D eigenvalue weighted by molar-refractivity contribution is 5.71. The van der Waals surface area contributed by atoms with Crippen molar-refractivity contribution in [2.75, 3.05) is 13.2 Å². The van der Waals surface area contributed by atoms with Gasteiger partial charge in [-0.1, -0.05) is 171 Å². The normalized spacial score (nSPS) is 12.6. The fourth-order valence-electron chi connectivity index (χ4n) is 6.21. The average Bonchev–Trinajstić information content (AvgIpc) is 3.19. The van der Waals surface area contributed by atoms with Crippen LogP contribution in [0.3, 0.4) is 0 Å². The van der Waals surface area contributed by atoms with Crippen LogP contribution in [0.2, 0.25) is 0 Å². The van der Waals surface area contributed by atoms with E-state index in [9.17, 15) is 14.4 Å². The maximum absolute atomic E-state index is 12.7. The number of rotatable bonds is 41. The molecule has 0 aromatic rings. The summed E-state index contributed by atoms with van der Waals surface area (Å²) in [4.78, 5) is 37.7. The number of carbonyl (C=O) groups is 3. The Morgan fingerprint density at radius 1 is 0.393 bits per heavy atom. The Balaban J connectivity index is 4.37. The summed E-state index contributed by atoms with van der Waals surface area (Å²) in [6.45, 7) is 6.40. The van der Waals surface area contributed by atoms with E-state index in [2.05, 4.69) is 81.5 Å². The molecule has 0 saturated carbocycles. The molecule has 0 aliphatic carbocycles. The van der Waals surface area contributed by atoms with Gasteiger partial charge in [-0.05, 0) is 89.9 Å². The first kappa shape index (κ1) is 53.1. The molecule has 0 amide bonds. The summed E-state index contributed by atoms with van der Waals surface area (Å²) >= 11 is 0. The van der Waals surface area contributed by atoms with Crippen LogP contribution in [0.25, 0.3) is 0 Å². The zero-order chi connectivity index (χ0) is 40.8. The number of carbonyl (C=O) groups excluding carboxylic acids is 3. The third-order valence-electron chi connectivity index (χ3n) is 9.75. The van der Waals surface area contributed by atoms with Crippen LogP contribution in [0.5, 0.6) is 0 Å². The van der Waals surface area contributed by atoms with Crippen molar-refractivity contribution in [3.05, 3.63) is 60.8 Å². The van der Waals surface area contributed by atoms with Crippen molar-refractivity contribution in [2.45, 2.75) is 226 Å². The van der Waals surface area contributed by atoms with E-state index >= 15 is 0 Å². The van der Waals surface area contributed by atoms with Gasteiger partial charge in [0, 0.05) is 19.3 Å². The third-order valence-corrected chi connectivity index (χ3v) is 9.75. The Morgan fingerprint density at radius 2 is 0.768 bits per heavy atom.